The molecular weight excluding hydrogens is 380 g/mol. The molecule has 0 spiro atoms. The normalized spacial score (nSPS) is 15.8. The van der Waals surface area contributed by atoms with Gasteiger partial charge in [0.05, 0.1) is 5.69 Å². The van der Waals surface area contributed by atoms with Gasteiger partial charge in [0.2, 0.25) is 0 Å². The molecule has 154 valence electrons. The predicted molar refractivity (Wildman–Crippen MR) is 115 cm³/mol. The third-order valence-corrected chi connectivity index (χ3v) is 6.04. The lowest BCUT2D eigenvalue weighted by Gasteiger charge is -2.41. The number of halogens is 2. The zero-order valence-corrected chi connectivity index (χ0v) is 17.1. The molecule has 3 nitrogen and oxygen atoms in total. The van der Waals surface area contributed by atoms with Crippen molar-refractivity contribution >= 4 is 5.70 Å². The van der Waals surface area contributed by atoms with Crippen LogP contribution in [0.2, 0.25) is 0 Å². The van der Waals surface area contributed by atoms with E-state index in [9.17, 15) is 8.78 Å². The highest BCUT2D eigenvalue weighted by Gasteiger charge is 2.31. The van der Waals surface area contributed by atoms with Gasteiger partial charge in [0.1, 0.15) is 0 Å². The van der Waals surface area contributed by atoms with E-state index in [0.29, 0.717) is 0 Å². The highest BCUT2D eigenvalue weighted by Crippen LogP contribution is 2.38. The average Bonchev–Trinajstić information content (AvgIpc) is 2.77. The van der Waals surface area contributed by atoms with Crippen LogP contribution >= 0.6 is 0 Å². The van der Waals surface area contributed by atoms with Crippen LogP contribution in [-0.2, 0) is 6.42 Å². The fourth-order valence-electron chi connectivity index (χ4n) is 4.18. The Hall–Kier alpha value is -3.08. The molecule has 0 atom stereocenters. The van der Waals surface area contributed by atoms with E-state index in [2.05, 4.69) is 34.4 Å². The van der Waals surface area contributed by atoms with Gasteiger partial charge < -0.3 is 4.90 Å². The molecular formula is C25H25F2N3. The van der Waals surface area contributed by atoms with Crippen molar-refractivity contribution in [2.45, 2.75) is 26.2 Å². The van der Waals surface area contributed by atoms with Crippen molar-refractivity contribution in [3.8, 4) is 11.3 Å². The van der Waals surface area contributed by atoms with Crippen LogP contribution in [0.4, 0.5) is 8.78 Å². The van der Waals surface area contributed by atoms with Crippen LogP contribution in [0, 0.1) is 17.0 Å². The third kappa shape index (κ3) is 4.25. The lowest BCUT2D eigenvalue weighted by Crippen LogP contribution is -2.38. The molecule has 1 aliphatic rings. The fraction of sp³-hybridized carbons (Fsp3) is 0.280. The predicted octanol–water partition coefficient (Wildman–Crippen LogP) is 5.74. The molecule has 5 heteroatoms. The number of rotatable bonds is 5. The molecule has 1 aliphatic heterocycles. The van der Waals surface area contributed by atoms with Crippen LogP contribution in [0.25, 0.3) is 17.0 Å². The molecule has 2 aromatic heterocycles. The first-order valence-electron chi connectivity index (χ1n) is 10.2. The molecule has 1 aromatic carbocycles. The SMILES string of the molecule is C=C(c1cccnc1-c1ccncc1)N1CCC(C)(Cc2ccc(F)c(F)c2)CC1. The highest BCUT2D eigenvalue weighted by molar-refractivity contribution is 5.76. The number of likely N-dealkylation sites (tertiary alicyclic amines) is 1. The Morgan fingerprint density at radius 1 is 1.03 bits per heavy atom. The van der Waals surface area contributed by atoms with E-state index < -0.39 is 11.6 Å². The summed E-state index contributed by atoms with van der Waals surface area (Å²) in [6.07, 6.45) is 7.97. The molecule has 0 amide bonds. The van der Waals surface area contributed by atoms with E-state index in [1.54, 1.807) is 24.7 Å². The molecule has 1 saturated heterocycles. The Labute approximate surface area is 176 Å². The number of piperidine rings is 1. The summed E-state index contributed by atoms with van der Waals surface area (Å²) >= 11 is 0. The van der Waals surface area contributed by atoms with Crippen molar-refractivity contribution in [1.82, 2.24) is 14.9 Å². The number of pyridine rings is 2. The lowest BCUT2D eigenvalue weighted by molar-refractivity contribution is 0.161. The largest absolute Gasteiger partial charge is 0.371 e. The van der Waals surface area contributed by atoms with Crippen molar-refractivity contribution in [1.29, 1.82) is 0 Å². The van der Waals surface area contributed by atoms with Crippen molar-refractivity contribution in [3.05, 3.63) is 90.4 Å². The summed E-state index contributed by atoms with van der Waals surface area (Å²) in [5.74, 6) is -1.57. The molecule has 1 fully saturated rings. The molecule has 4 rings (SSSR count). The van der Waals surface area contributed by atoms with E-state index >= 15 is 0 Å². The molecule has 30 heavy (non-hydrogen) atoms. The third-order valence-electron chi connectivity index (χ3n) is 6.04. The molecule has 0 aliphatic carbocycles. The van der Waals surface area contributed by atoms with Crippen molar-refractivity contribution in [2.75, 3.05) is 13.1 Å². The first-order valence-corrected chi connectivity index (χ1v) is 10.2. The molecule has 3 heterocycles. The number of benzene rings is 1. The number of hydrogen-bond acceptors (Lipinski definition) is 3. The molecule has 3 aromatic rings. The van der Waals surface area contributed by atoms with Crippen LogP contribution in [0.5, 0.6) is 0 Å². The van der Waals surface area contributed by atoms with Gasteiger partial charge in [0.25, 0.3) is 0 Å². The van der Waals surface area contributed by atoms with Crippen LogP contribution < -0.4 is 0 Å². The van der Waals surface area contributed by atoms with Crippen LogP contribution in [0.1, 0.15) is 30.9 Å². The Morgan fingerprint density at radius 2 is 1.77 bits per heavy atom. The van der Waals surface area contributed by atoms with Gasteiger partial charge in [-0.15, -0.1) is 0 Å². The highest BCUT2D eigenvalue weighted by atomic mass is 19.2. The van der Waals surface area contributed by atoms with Crippen molar-refractivity contribution < 1.29 is 8.78 Å². The lowest BCUT2D eigenvalue weighted by atomic mass is 9.75. The fourth-order valence-corrected chi connectivity index (χ4v) is 4.18. The summed E-state index contributed by atoms with van der Waals surface area (Å²) in [6.45, 7) is 8.32. The van der Waals surface area contributed by atoms with Crippen LogP contribution in [0.3, 0.4) is 0 Å². The number of nitrogens with zero attached hydrogens (tertiary/aromatic N) is 3. The van der Waals surface area contributed by atoms with E-state index in [4.69, 9.17) is 0 Å². The maximum Gasteiger partial charge on any atom is 0.159 e. The van der Waals surface area contributed by atoms with Gasteiger partial charge in [-0.25, -0.2) is 8.78 Å². The summed E-state index contributed by atoms with van der Waals surface area (Å²) < 4.78 is 26.8. The van der Waals surface area contributed by atoms with Crippen LogP contribution in [0.15, 0.2) is 67.6 Å². The molecule has 0 N–H and O–H groups in total. The average molecular weight is 405 g/mol. The minimum atomic E-state index is -0.795. The van der Waals surface area contributed by atoms with E-state index in [1.807, 2.05) is 18.2 Å². The van der Waals surface area contributed by atoms with Gasteiger partial charge in [-0.2, -0.15) is 0 Å². The maximum absolute atomic E-state index is 13.6. The summed E-state index contributed by atoms with van der Waals surface area (Å²) in [5, 5.41) is 0. The summed E-state index contributed by atoms with van der Waals surface area (Å²) in [6, 6.07) is 12.1. The van der Waals surface area contributed by atoms with Gasteiger partial charge in [0.15, 0.2) is 11.6 Å². The van der Waals surface area contributed by atoms with Crippen molar-refractivity contribution in [2.24, 2.45) is 5.41 Å². The molecule has 0 saturated carbocycles. The van der Waals surface area contributed by atoms with E-state index in [0.717, 1.165) is 60.4 Å². The number of aromatic nitrogens is 2. The topological polar surface area (TPSA) is 29.0 Å². The second-order valence-corrected chi connectivity index (χ2v) is 8.31. The summed E-state index contributed by atoms with van der Waals surface area (Å²) in [4.78, 5) is 11.0. The van der Waals surface area contributed by atoms with Gasteiger partial charge in [-0.1, -0.05) is 19.6 Å². The Bertz CT molecular complexity index is 1040. The minimum absolute atomic E-state index is 0.0456. The standard InChI is InChI=1S/C25H25F2N3/c1-18(21-4-3-11-29-24(21)20-7-12-28-13-8-20)30-14-9-25(2,10-15-30)17-19-5-6-22(26)23(27)16-19/h3-8,11-13,16H,1,9-10,14-15,17H2,2H3. The summed E-state index contributed by atoms with van der Waals surface area (Å²) in [7, 11) is 0. The second-order valence-electron chi connectivity index (χ2n) is 8.31. The zero-order valence-electron chi connectivity index (χ0n) is 17.1. The monoisotopic (exact) mass is 405 g/mol. The zero-order chi connectivity index (χ0) is 21.1. The Balaban J connectivity index is 1.47. The van der Waals surface area contributed by atoms with E-state index in [-0.39, 0.29) is 5.41 Å². The first-order chi connectivity index (χ1) is 14.5. The van der Waals surface area contributed by atoms with Gasteiger partial charge in [-0.05, 0) is 66.6 Å². The number of hydrogen-bond donors (Lipinski definition) is 0. The van der Waals surface area contributed by atoms with Crippen LogP contribution in [-0.4, -0.2) is 28.0 Å². The summed E-state index contributed by atoms with van der Waals surface area (Å²) in [5.41, 5.74) is 4.79. The van der Waals surface area contributed by atoms with Gasteiger partial charge >= 0.3 is 0 Å². The van der Waals surface area contributed by atoms with Gasteiger partial charge in [0, 0.05) is 48.5 Å². The minimum Gasteiger partial charge on any atom is -0.371 e. The second kappa shape index (κ2) is 8.34. The Morgan fingerprint density at radius 3 is 2.47 bits per heavy atom. The first kappa shape index (κ1) is 20.2. The van der Waals surface area contributed by atoms with Crippen molar-refractivity contribution in [3.63, 3.8) is 0 Å². The quantitative estimate of drug-likeness (QED) is 0.542. The molecule has 0 unspecified atom stereocenters. The maximum atomic E-state index is 13.6. The molecule has 0 radical (unpaired) electrons. The smallest absolute Gasteiger partial charge is 0.159 e. The Kier molecular flexibility index (Phi) is 5.62. The molecule has 0 bridgehead atoms. The van der Waals surface area contributed by atoms with E-state index in [1.165, 1.54) is 12.1 Å². The van der Waals surface area contributed by atoms with Gasteiger partial charge in [-0.3, -0.25) is 9.97 Å².